The summed E-state index contributed by atoms with van der Waals surface area (Å²) in [6.45, 7) is 8.64. The fourth-order valence-corrected chi connectivity index (χ4v) is 2.63. The van der Waals surface area contributed by atoms with Crippen molar-refractivity contribution in [2.24, 2.45) is 0 Å². The Morgan fingerprint density at radius 3 is 2.38 bits per heavy atom. The van der Waals surface area contributed by atoms with Crippen molar-refractivity contribution < 1.29 is 14.3 Å². The van der Waals surface area contributed by atoms with Crippen LogP contribution in [0.2, 0.25) is 0 Å². The summed E-state index contributed by atoms with van der Waals surface area (Å²) < 4.78 is 11.4. The normalized spacial score (nSPS) is 10.3. The molecule has 2 rings (SSSR count). The summed E-state index contributed by atoms with van der Waals surface area (Å²) in [7, 11) is 0. The molecule has 0 aliphatic heterocycles. The molecule has 0 heterocycles. The number of benzene rings is 2. The maximum atomic E-state index is 12.2. The Labute approximate surface area is 143 Å². The molecule has 0 aliphatic carbocycles. The number of carbonyl (C=O) groups excluding carboxylic acids is 1. The van der Waals surface area contributed by atoms with E-state index in [-0.39, 0.29) is 12.5 Å². The van der Waals surface area contributed by atoms with E-state index in [2.05, 4.69) is 5.32 Å². The average molecular weight is 327 g/mol. The number of hydrogen-bond acceptors (Lipinski definition) is 3. The monoisotopic (exact) mass is 327 g/mol. The number of ether oxygens (including phenoxy) is 2. The Kier molecular flexibility index (Phi) is 6.24. The molecule has 0 atom stereocenters. The molecule has 2 aromatic rings. The van der Waals surface area contributed by atoms with Gasteiger partial charge in [0.05, 0.1) is 12.3 Å². The third-order valence-electron chi connectivity index (χ3n) is 3.58. The summed E-state index contributed by atoms with van der Waals surface area (Å²) >= 11 is 0. The van der Waals surface area contributed by atoms with Gasteiger partial charge in [0.1, 0.15) is 11.5 Å². The van der Waals surface area contributed by atoms with E-state index in [0.717, 1.165) is 23.3 Å². The molecule has 4 nitrogen and oxygen atoms in total. The van der Waals surface area contributed by atoms with Gasteiger partial charge in [0.15, 0.2) is 6.61 Å². The van der Waals surface area contributed by atoms with E-state index in [4.69, 9.17) is 9.47 Å². The second-order valence-corrected chi connectivity index (χ2v) is 5.91. The van der Waals surface area contributed by atoms with Crippen LogP contribution in [-0.2, 0) is 4.79 Å². The maximum Gasteiger partial charge on any atom is 0.262 e. The van der Waals surface area contributed by atoms with Crippen LogP contribution >= 0.6 is 0 Å². The summed E-state index contributed by atoms with van der Waals surface area (Å²) in [5.41, 5.74) is 3.92. The summed E-state index contributed by atoms with van der Waals surface area (Å²) in [5, 5.41) is 2.85. The van der Waals surface area contributed by atoms with Crippen molar-refractivity contribution >= 4 is 11.6 Å². The maximum absolute atomic E-state index is 12.2. The molecule has 0 unspecified atom stereocenters. The molecule has 1 amide bonds. The zero-order valence-electron chi connectivity index (χ0n) is 14.8. The first kappa shape index (κ1) is 17.9. The van der Waals surface area contributed by atoms with Crippen LogP contribution in [0.15, 0.2) is 36.4 Å². The number of rotatable bonds is 7. The number of para-hydroxylation sites is 2. The lowest BCUT2D eigenvalue weighted by Crippen LogP contribution is -2.21. The number of hydrogen-bond donors (Lipinski definition) is 1. The van der Waals surface area contributed by atoms with Crippen LogP contribution in [0.25, 0.3) is 0 Å². The second kappa shape index (κ2) is 8.39. The third kappa shape index (κ3) is 4.75. The molecule has 0 spiro atoms. The Balaban J connectivity index is 2.00. The standard InChI is InChI=1S/C20H25NO3/c1-5-10-23-18-9-7-6-8-17(18)21-19(22)13-24-20-15(3)11-14(2)12-16(20)4/h6-9,11-12H,5,10,13H2,1-4H3,(H,21,22). The van der Waals surface area contributed by atoms with Gasteiger partial charge in [0, 0.05) is 0 Å². The van der Waals surface area contributed by atoms with Crippen molar-refractivity contribution in [1.29, 1.82) is 0 Å². The molecule has 24 heavy (non-hydrogen) atoms. The molecule has 128 valence electrons. The summed E-state index contributed by atoms with van der Waals surface area (Å²) in [6.07, 6.45) is 0.914. The lowest BCUT2D eigenvalue weighted by molar-refractivity contribution is -0.118. The van der Waals surface area contributed by atoms with Gasteiger partial charge in [0.2, 0.25) is 0 Å². The predicted molar refractivity (Wildman–Crippen MR) is 97.0 cm³/mol. The van der Waals surface area contributed by atoms with Crippen molar-refractivity contribution in [1.82, 2.24) is 0 Å². The fraction of sp³-hybridized carbons (Fsp3) is 0.350. The lowest BCUT2D eigenvalue weighted by Gasteiger charge is -2.14. The van der Waals surface area contributed by atoms with E-state index in [1.54, 1.807) is 0 Å². The van der Waals surface area contributed by atoms with E-state index in [1.807, 2.05) is 64.1 Å². The van der Waals surface area contributed by atoms with Gasteiger partial charge in [-0.15, -0.1) is 0 Å². The number of carbonyl (C=O) groups is 1. The highest BCUT2D eigenvalue weighted by molar-refractivity contribution is 5.93. The van der Waals surface area contributed by atoms with Crippen LogP contribution in [0.5, 0.6) is 11.5 Å². The molecule has 0 saturated heterocycles. The Morgan fingerprint density at radius 2 is 1.71 bits per heavy atom. The van der Waals surface area contributed by atoms with Crippen molar-refractivity contribution in [3.63, 3.8) is 0 Å². The van der Waals surface area contributed by atoms with Crippen LogP contribution in [0.1, 0.15) is 30.0 Å². The van der Waals surface area contributed by atoms with Crippen molar-refractivity contribution in [3.8, 4) is 11.5 Å². The van der Waals surface area contributed by atoms with E-state index in [0.29, 0.717) is 18.0 Å². The SMILES string of the molecule is CCCOc1ccccc1NC(=O)COc1c(C)cc(C)cc1C. The molecule has 2 aromatic carbocycles. The minimum atomic E-state index is -0.207. The van der Waals surface area contributed by atoms with Gasteiger partial charge in [-0.25, -0.2) is 0 Å². The van der Waals surface area contributed by atoms with Crippen LogP contribution in [-0.4, -0.2) is 19.1 Å². The molecule has 0 saturated carbocycles. The van der Waals surface area contributed by atoms with Gasteiger partial charge < -0.3 is 14.8 Å². The second-order valence-electron chi connectivity index (χ2n) is 5.91. The largest absolute Gasteiger partial charge is 0.491 e. The fourth-order valence-electron chi connectivity index (χ4n) is 2.63. The quantitative estimate of drug-likeness (QED) is 0.819. The molecule has 1 N–H and O–H groups in total. The highest BCUT2D eigenvalue weighted by Gasteiger charge is 2.11. The van der Waals surface area contributed by atoms with Crippen molar-refractivity contribution in [2.45, 2.75) is 34.1 Å². The first-order chi connectivity index (χ1) is 11.5. The summed E-state index contributed by atoms with van der Waals surface area (Å²) in [6, 6.07) is 11.5. The average Bonchev–Trinajstić information content (AvgIpc) is 2.53. The third-order valence-corrected chi connectivity index (χ3v) is 3.58. The Morgan fingerprint density at radius 1 is 1.04 bits per heavy atom. The number of aryl methyl sites for hydroxylation is 3. The first-order valence-electron chi connectivity index (χ1n) is 8.23. The Bertz CT molecular complexity index is 687. The van der Waals surface area contributed by atoms with Gasteiger partial charge in [-0.1, -0.05) is 36.8 Å². The molecular formula is C20H25NO3. The first-order valence-corrected chi connectivity index (χ1v) is 8.23. The number of nitrogens with one attached hydrogen (secondary N) is 1. The van der Waals surface area contributed by atoms with Gasteiger partial charge in [-0.2, -0.15) is 0 Å². The lowest BCUT2D eigenvalue weighted by atomic mass is 10.1. The van der Waals surface area contributed by atoms with Gasteiger partial charge in [-0.3, -0.25) is 4.79 Å². The molecule has 0 fully saturated rings. The molecule has 0 aliphatic rings. The Hall–Kier alpha value is -2.49. The number of amides is 1. The van der Waals surface area contributed by atoms with Crippen LogP contribution in [0, 0.1) is 20.8 Å². The van der Waals surface area contributed by atoms with Gasteiger partial charge in [0.25, 0.3) is 5.91 Å². The molecule has 0 aromatic heterocycles. The van der Waals surface area contributed by atoms with Crippen molar-refractivity contribution in [3.05, 3.63) is 53.1 Å². The highest BCUT2D eigenvalue weighted by atomic mass is 16.5. The van der Waals surface area contributed by atoms with Crippen LogP contribution in [0.3, 0.4) is 0 Å². The zero-order chi connectivity index (χ0) is 17.5. The van der Waals surface area contributed by atoms with E-state index in [9.17, 15) is 4.79 Å². The molecule has 4 heteroatoms. The molecule has 0 bridgehead atoms. The van der Waals surface area contributed by atoms with E-state index in [1.165, 1.54) is 5.56 Å². The molecular weight excluding hydrogens is 302 g/mol. The minimum absolute atomic E-state index is 0.0349. The predicted octanol–water partition coefficient (Wildman–Crippen LogP) is 4.42. The minimum Gasteiger partial charge on any atom is -0.491 e. The van der Waals surface area contributed by atoms with Crippen LogP contribution in [0.4, 0.5) is 5.69 Å². The molecule has 0 radical (unpaired) electrons. The van der Waals surface area contributed by atoms with Crippen molar-refractivity contribution in [2.75, 3.05) is 18.5 Å². The van der Waals surface area contributed by atoms with Crippen LogP contribution < -0.4 is 14.8 Å². The van der Waals surface area contributed by atoms with Gasteiger partial charge >= 0.3 is 0 Å². The highest BCUT2D eigenvalue weighted by Crippen LogP contribution is 2.26. The zero-order valence-corrected chi connectivity index (χ0v) is 14.8. The van der Waals surface area contributed by atoms with Gasteiger partial charge in [-0.05, 0) is 50.5 Å². The van der Waals surface area contributed by atoms with E-state index < -0.39 is 0 Å². The summed E-state index contributed by atoms with van der Waals surface area (Å²) in [5.74, 6) is 1.24. The van der Waals surface area contributed by atoms with E-state index >= 15 is 0 Å². The topological polar surface area (TPSA) is 47.6 Å². The smallest absolute Gasteiger partial charge is 0.262 e. The number of anilines is 1. The summed E-state index contributed by atoms with van der Waals surface area (Å²) in [4.78, 5) is 12.2.